The van der Waals surface area contributed by atoms with Gasteiger partial charge in [0.25, 0.3) is 0 Å². The Bertz CT molecular complexity index is 543. The summed E-state index contributed by atoms with van der Waals surface area (Å²) < 4.78 is 13.1. The van der Waals surface area contributed by atoms with Gasteiger partial charge in [-0.25, -0.2) is 4.79 Å². The second-order valence-electron chi connectivity index (χ2n) is 3.32. The Balaban J connectivity index is 2.25. The molecule has 0 radical (unpaired) electrons. The average molecular weight is 272 g/mol. The Hall–Kier alpha value is -1.40. The highest BCUT2D eigenvalue weighted by Crippen LogP contribution is 2.29. The first-order valence-corrected chi connectivity index (χ1v) is 6.17. The van der Waals surface area contributed by atoms with Crippen molar-refractivity contribution in [3.63, 3.8) is 0 Å². The molecule has 1 heterocycles. The van der Waals surface area contributed by atoms with Gasteiger partial charge < -0.3 is 4.74 Å². The van der Waals surface area contributed by atoms with Gasteiger partial charge in [-0.3, -0.25) is 5.32 Å². The molecular formula is C10H10ClN3O2S. The topological polar surface area (TPSA) is 64.1 Å². The van der Waals surface area contributed by atoms with E-state index in [1.807, 2.05) is 6.92 Å². The molecule has 90 valence electrons. The first kappa shape index (κ1) is 12.1. The fourth-order valence-corrected chi connectivity index (χ4v) is 2.02. The Labute approximate surface area is 107 Å². The summed E-state index contributed by atoms with van der Waals surface area (Å²) in [5, 5.41) is 3.00. The molecule has 2 rings (SSSR count). The Morgan fingerprint density at radius 2 is 2.35 bits per heavy atom. The maximum atomic E-state index is 11.5. The van der Waals surface area contributed by atoms with Crippen LogP contribution in [-0.2, 0) is 4.74 Å². The minimum Gasteiger partial charge on any atom is -0.449 e. The molecule has 1 N–H and O–H groups in total. The summed E-state index contributed by atoms with van der Waals surface area (Å²) in [5.41, 5.74) is 1.72. The van der Waals surface area contributed by atoms with E-state index >= 15 is 0 Å². The van der Waals surface area contributed by atoms with Crippen molar-refractivity contribution in [2.45, 2.75) is 13.3 Å². The van der Waals surface area contributed by atoms with Crippen LogP contribution in [0, 0.1) is 0 Å². The quantitative estimate of drug-likeness (QED) is 0.930. The lowest BCUT2D eigenvalue weighted by Gasteiger charge is -2.07. The van der Waals surface area contributed by atoms with Crippen LogP contribution in [0.4, 0.5) is 10.5 Å². The molecule has 0 aliphatic heterocycles. The predicted molar refractivity (Wildman–Crippen MR) is 67.7 cm³/mol. The monoisotopic (exact) mass is 271 g/mol. The van der Waals surface area contributed by atoms with Gasteiger partial charge in [-0.15, -0.1) is 0 Å². The van der Waals surface area contributed by atoms with Crippen molar-refractivity contribution < 1.29 is 9.53 Å². The largest absolute Gasteiger partial charge is 0.449 e. The molecule has 1 aromatic carbocycles. The summed E-state index contributed by atoms with van der Waals surface area (Å²) in [6, 6.07) is 3.42. The average Bonchev–Trinajstić information content (AvgIpc) is 2.78. The van der Waals surface area contributed by atoms with Crippen molar-refractivity contribution in [1.82, 2.24) is 8.75 Å². The molecule has 0 aliphatic rings. The zero-order valence-corrected chi connectivity index (χ0v) is 10.6. The number of anilines is 1. The number of nitrogens with one attached hydrogen (secondary N) is 1. The number of benzene rings is 1. The van der Waals surface area contributed by atoms with Crippen molar-refractivity contribution >= 4 is 46.1 Å². The van der Waals surface area contributed by atoms with Crippen LogP contribution in [0.2, 0.25) is 5.02 Å². The molecule has 0 aliphatic carbocycles. The van der Waals surface area contributed by atoms with E-state index in [9.17, 15) is 4.79 Å². The van der Waals surface area contributed by atoms with E-state index in [1.165, 1.54) is 0 Å². The molecule has 0 unspecified atom stereocenters. The molecular weight excluding hydrogens is 262 g/mol. The van der Waals surface area contributed by atoms with Crippen LogP contribution < -0.4 is 5.32 Å². The standard InChI is InChI=1S/C10H10ClN3O2S/c1-2-5-16-10(15)12-8-6(11)3-4-7-9(8)14-17-13-7/h3-4H,2,5H2,1H3,(H,12,15). The third-order valence-electron chi connectivity index (χ3n) is 2.04. The third kappa shape index (κ3) is 2.65. The molecule has 2 aromatic rings. The van der Waals surface area contributed by atoms with Crippen molar-refractivity contribution in [2.75, 3.05) is 11.9 Å². The first-order valence-electron chi connectivity index (χ1n) is 5.07. The molecule has 0 saturated heterocycles. The van der Waals surface area contributed by atoms with Crippen LogP contribution >= 0.6 is 23.3 Å². The van der Waals surface area contributed by atoms with Gasteiger partial charge >= 0.3 is 6.09 Å². The number of rotatable bonds is 3. The highest BCUT2D eigenvalue weighted by Gasteiger charge is 2.13. The van der Waals surface area contributed by atoms with Crippen LogP contribution in [0.5, 0.6) is 0 Å². The molecule has 0 saturated carbocycles. The zero-order valence-electron chi connectivity index (χ0n) is 9.07. The lowest BCUT2D eigenvalue weighted by atomic mass is 10.2. The Morgan fingerprint density at radius 3 is 3.12 bits per heavy atom. The molecule has 7 heteroatoms. The molecule has 17 heavy (non-hydrogen) atoms. The summed E-state index contributed by atoms with van der Waals surface area (Å²) in [4.78, 5) is 11.5. The molecule has 0 spiro atoms. The van der Waals surface area contributed by atoms with Gasteiger partial charge in [-0.05, 0) is 18.6 Å². The predicted octanol–water partition coefficient (Wildman–Crippen LogP) is 3.30. The van der Waals surface area contributed by atoms with Gasteiger partial charge in [0.15, 0.2) is 0 Å². The zero-order chi connectivity index (χ0) is 12.3. The number of hydrogen-bond acceptors (Lipinski definition) is 5. The second kappa shape index (κ2) is 5.29. The maximum Gasteiger partial charge on any atom is 0.411 e. The summed E-state index contributed by atoms with van der Waals surface area (Å²) >= 11 is 7.07. The van der Waals surface area contributed by atoms with E-state index in [0.29, 0.717) is 28.4 Å². The van der Waals surface area contributed by atoms with Crippen molar-refractivity contribution in [1.29, 1.82) is 0 Å². The Kier molecular flexibility index (Phi) is 3.75. The number of carbonyl (C=O) groups excluding carboxylic acids is 1. The lowest BCUT2D eigenvalue weighted by molar-refractivity contribution is 0.162. The Morgan fingerprint density at radius 1 is 1.53 bits per heavy atom. The van der Waals surface area contributed by atoms with Gasteiger partial charge in [0.05, 0.1) is 29.0 Å². The fourth-order valence-electron chi connectivity index (χ4n) is 1.28. The van der Waals surface area contributed by atoms with Gasteiger partial charge in [-0.2, -0.15) is 8.75 Å². The molecule has 0 bridgehead atoms. The van der Waals surface area contributed by atoms with Crippen molar-refractivity contribution in [3.05, 3.63) is 17.2 Å². The maximum absolute atomic E-state index is 11.5. The van der Waals surface area contributed by atoms with E-state index in [1.54, 1.807) is 12.1 Å². The van der Waals surface area contributed by atoms with E-state index in [-0.39, 0.29) is 0 Å². The van der Waals surface area contributed by atoms with Crippen LogP contribution in [0.3, 0.4) is 0 Å². The molecule has 1 aromatic heterocycles. The van der Waals surface area contributed by atoms with Crippen molar-refractivity contribution in [2.24, 2.45) is 0 Å². The van der Waals surface area contributed by atoms with Crippen LogP contribution in [0.25, 0.3) is 11.0 Å². The number of nitrogens with zero attached hydrogens (tertiary/aromatic N) is 2. The van der Waals surface area contributed by atoms with E-state index in [2.05, 4.69) is 14.1 Å². The number of halogens is 1. The highest BCUT2D eigenvalue weighted by molar-refractivity contribution is 7.00. The number of amides is 1. The second-order valence-corrected chi connectivity index (χ2v) is 4.25. The number of fused-ring (bicyclic) bond motifs is 1. The number of carbonyl (C=O) groups is 1. The molecule has 1 amide bonds. The van der Waals surface area contributed by atoms with Crippen LogP contribution in [0.1, 0.15) is 13.3 Å². The van der Waals surface area contributed by atoms with E-state index < -0.39 is 6.09 Å². The summed E-state index contributed by atoms with van der Waals surface area (Å²) in [5.74, 6) is 0. The summed E-state index contributed by atoms with van der Waals surface area (Å²) in [7, 11) is 0. The smallest absolute Gasteiger partial charge is 0.411 e. The van der Waals surface area contributed by atoms with Gasteiger partial charge in [0.1, 0.15) is 11.0 Å². The third-order valence-corrected chi connectivity index (χ3v) is 2.90. The molecule has 0 atom stereocenters. The normalized spacial score (nSPS) is 10.5. The van der Waals surface area contributed by atoms with E-state index in [0.717, 1.165) is 18.1 Å². The SMILES string of the molecule is CCCOC(=O)Nc1c(Cl)ccc2nsnc12. The summed E-state index contributed by atoms with van der Waals surface area (Å²) in [6.45, 7) is 2.29. The fraction of sp³-hybridized carbons (Fsp3) is 0.300. The molecule has 5 nitrogen and oxygen atoms in total. The van der Waals surface area contributed by atoms with Gasteiger partial charge in [0.2, 0.25) is 0 Å². The highest BCUT2D eigenvalue weighted by atomic mass is 35.5. The number of ether oxygens (including phenoxy) is 1. The minimum atomic E-state index is -0.533. The van der Waals surface area contributed by atoms with Crippen molar-refractivity contribution in [3.8, 4) is 0 Å². The first-order chi connectivity index (χ1) is 8.22. The minimum absolute atomic E-state index is 0.370. The van der Waals surface area contributed by atoms with Gasteiger partial charge in [-0.1, -0.05) is 18.5 Å². The van der Waals surface area contributed by atoms with Gasteiger partial charge in [0, 0.05) is 0 Å². The summed E-state index contributed by atoms with van der Waals surface area (Å²) in [6.07, 6.45) is 0.234. The lowest BCUT2D eigenvalue weighted by Crippen LogP contribution is -2.14. The van der Waals surface area contributed by atoms with E-state index in [4.69, 9.17) is 16.3 Å². The number of hydrogen-bond donors (Lipinski definition) is 1. The molecule has 0 fully saturated rings. The number of aromatic nitrogens is 2. The van der Waals surface area contributed by atoms with Crippen LogP contribution in [0.15, 0.2) is 12.1 Å². The van der Waals surface area contributed by atoms with Crippen LogP contribution in [-0.4, -0.2) is 21.4 Å².